The van der Waals surface area contributed by atoms with Crippen LogP contribution in [0.5, 0.6) is 0 Å². The summed E-state index contributed by atoms with van der Waals surface area (Å²) in [6, 6.07) is 12.7. The number of thioether (sulfide) groups is 1. The lowest BCUT2D eigenvalue weighted by Crippen LogP contribution is -2.22. The van der Waals surface area contributed by atoms with Crippen molar-refractivity contribution in [3.05, 3.63) is 63.4 Å². The highest BCUT2D eigenvalue weighted by Gasteiger charge is 2.15. The summed E-state index contributed by atoms with van der Waals surface area (Å²) >= 11 is 7.32. The molecule has 1 aromatic heterocycles. The molecule has 0 aliphatic rings. The van der Waals surface area contributed by atoms with Crippen molar-refractivity contribution in [2.24, 2.45) is 0 Å². The number of carbonyl (C=O) groups excluding carboxylic acids is 1. The van der Waals surface area contributed by atoms with E-state index in [0.29, 0.717) is 27.5 Å². The molecule has 128 valence electrons. The van der Waals surface area contributed by atoms with Gasteiger partial charge < -0.3 is 0 Å². The Hall–Kier alpha value is -2.11. The van der Waals surface area contributed by atoms with Crippen LogP contribution in [0.4, 0.5) is 0 Å². The topological polar surface area (TPSA) is 52.0 Å². The van der Waals surface area contributed by atoms with Crippen molar-refractivity contribution < 1.29 is 4.79 Å². The number of aryl methyl sites for hydroxylation is 1. The van der Waals surface area contributed by atoms with E-state index in [1.54, 1.807) is 22.8 Å². The van der Waals surface area contributed by atoms with E-state index in [-0.39, 0.29) is 17.1 Å². The first-order valence-electron chi connectivity index (χ1n) is 7.93. The molecule has 2 aromatic carbocycles. The Morgan fingerprint density at radius 3 is 2.76 bits per heavy atom. The maximum Gasteiger partial charge on any atom is 0.266 e. The number of benzene rings is 2. The summed E-state index contributed by atoms with van der Waals surface area (Å²) < 4.78 is 1.57. The molecule has 4 nitrogen and oxygen atoms in total. The van der Waals surface area contributed by atoms with Crippen LogP contribution in [0.2, 0.25) is 5.02 Å². The highest BCUT2D eigenvalue weighted by molar-refractivity contribution is 7.99. The lowest BCUT2D eigenvalue weighted by atomic mass is 10.2. The van der Waals surface area contributed by atoms with Crippen molar-refractivity contribution in [1.82, 2.24) is 9.55 Å². The Morgan fingerprint density at radius 2 is 2.04 bits per heavy atom. The van der Waals surface area contributed by atoms with Gasteiger partial charge in [0.25, 0.3) is 5.56 Å². The second-order valence-electron chi connectivity index (χ2n) is 5.72. The largest absolute Gasteiger partial charge is 0.299 e. The van der Waals surface area contributed by atoms with E-state index in [9.17, 15) is 9.59 Å². The van der Waals surface area contributed by atoms with Crippen LogP contribution in [0.1, 0.15) is 18.9 Å². The van der Waals surface area contributed by atoms with Crippen LogP contribution >= 0.6 is 23.4 Å². The first kappa shape index (κ1) is 17.7. The van der Waals surface area contributed by atoms with Crippen LogP contribution in [-0.2, 0) is 4.79 Å². The van der Waals surface area contributed by atoms with Crippen molar-refractivity contribution in [1.29, 1.82) is 0 Å². The Labute approximate surface area is 154 Å². The lowest BCUT2D eigenvalue weighted by Gasteiger charge is -2.13. The molecule has 0 atom stereocenters. The molecule has 6 heteroatoms. The summed E-state index contributed by atoms with van der Waals surface area (Å²) in [7, 11) is 0. The minimum Gasteiger partial charge on any atom is -0.299 e. The third-order valence-corrected chi connectivity index (χ3v) is 5.05. The molecule has 25 heavy (non-hydrogen) atoms. The van der Waals surface area contributed by atoms with Crippen LogP contribution in [0.3, 0.4) is 0 Å². The number of hydrogen-bond donors (Lipinski definition) is 0. The smallest absolute Gasteiger partial charge is 0.266 e. The van der Waals surface area contributed by atoms with Gasteiger partial charge in [0.15, 0.2) is 5.16 Å². The second-order valence-corrected chi connectivity index (χ2v) is 7.10. The minimum absolute atomic E-state index is 0.112. The summed E-state index contributed by atoms with van der Waals surface area (Å²) in [5, 5.41) is 1.51. The molecule has 0 unspecified atom stereocenters. The van der Waals surface area contributed by atoms with E-state index < -0.39 is 0 Å². The number of carbonyl (C=O) groups is 1. The fourth-order valence-electron chi connectivity index (χ4n) is 2.48. The Bertz CT molecular complexity index is 1010. The molecule has 0 saturated carbocycles. The maximum absolute atomic E-state index is 13.1. The van der Waals surface area contributed by atoms with E-state index in [2.05, 4.69) is 4.98 Å². The molecule has 0 aliphatic heterocycles. The van der Waals surface area contributed by atoms with Crippen molar-refractivity contribution >= 4 is 40.0 Å². The molecule has 1 heterocycles. The quantitative estimate of drug-likeness (QED) is 0.491. The summed E-state index contributed by atoms with van der Waals surface area (Å²) in [6.07, 6.45) is 0.459. The van der Waals surface area contributed by atoms with Gasteiger partial charge in [-0.25, -0.2) is 4.98 Å². The van der Waals surface area contributed by atoms with Crippen LogP contribution in [0.25, 0.3) is 16.6 Å². The molecule has 0 amide bonds. The zero-order valence-electron chi connectivity index (χ0n) is 14.0. The van der Waals surface area contributed by atoms with E-state index in [4.69, 9.17) is 11.6 Å². The summed E-state index contributed by atoms with van der Waals surface area (Å²) in [6.45, 7) is 3.79. The zero-order chi connectivity index (χ0) is 18.0. The van der Waals surface area contributed by atoms with Gasteiger partial charge in [0.05, 0.1) is 22.3 Å². The number of ketones is 1. The Kier molecular flexibility index (Phi) is 5.25. The van der Waals surface area contributed by atoms with E-state index in [1.807, 2.05) is 38.1 Å². The van der Waals surface area contributed by atoms with Gasteiger partial charge in [0.2, 0.25) is 0 Å². The fraction of sp³-hybridized carbons (Fsp3) is 0.211. The molecular formula is C19H17ClN2O2S. The number of nitrogens with zero attached hydrogens (tertiary/aromatic N) is 2. The molecule has 0 saturated heterocycles. The average Bonchev–Trinajstić information content (AvgIpc) is 2.59. The third-order valence-electron chi connectivity index (χ3n) is 3.82. The second kappa shape index (κ2) is 7.42. The number of Topliss-reactive ketones (excluding diaryl/α,β-unsaturated/α-hetero) is 1. The highest BCUT2D eigenvalue weighted by Crippen LogP contribution is 2.23. The monoisotopic (exact) mass is 372 g/mol. The normalized spacial score (nSPS) is 11.0. The number of halogens is 1. The first-order valence-corrected chi connectivity index (χ1v) is 9.30. The SMILES string of the molecule is CCC(=O)CSc1nc2cc(Cl)ccc2c(=O)n1-c1cccc(C)c1. The van der Waals surface area contributed by atoms with Gasteiger partial charge in [-0.2, -0.15) is 0 Å². The molecular weight excluding hydrogens is 356 g/mol. The maximum atomic E-state index is 13.1. The molecule has 0 bridgehead atoms. The Balaban J connectivity index is 2.24. The van der Waals surface area contributed by atoms with Gasteiger partial charge in [-0.1, -0.05) is 42.4 Å². The van der Waals surface area contributed by atoms with Crippen LogP contribution in [0.15, 0.2) is 52.4 Å². The van der Waals surface area contributed by atoms with E-state index >= 15 is 0 Å². The standard InChI is InChI=1S/C19H17ClN2O2S/c1-3-15(23)11-25-19-21-17-10-13(20)7-8-16(17)18(24)22(19)14-6-4-5-12(2)9-14/h4-10H,3,11H2,1-2H3. The van der Waals surface area contributed by atoms with Gasteiger partial charge in [-0.15, -0.1) is 0 Å². The predicted molar refractivity (Wildman–Crippen MR) is 103 cm³/mol. The van der Waals surface area contributed by atoms with Crippen molar-refractivity contribution in [2.45, 2.75) is 25.4 Å². The molecule has 0 N–H and O–H groups in total. The van der Waals surface area contributed by atoms with Gasteiger partial charge in [-0.05, 0) is 42.8 Å². The van der Waals surface area contributed by atoms with Gasteiger partial charge in [0, 0.05) is 11.4 Å². The van der Waals surface area contributed by atoms with Gasteiger partial charge in [0.1, 0.15) is 5.78 Å². The summed E-state index contributed by atoms with van der Waals surface area (Å²) in [5.41, 5.74) is 2.15. The highest BCUT2D eigenvalue weighted by atomic mass is 35.5. The van der Waals surface area contributed by atoms with Crippen LogP contribution < -0.4 is 5.56 Å². The fourth-order valence-corrected chi connectivity index (χ4v) is 3.62. The molecule has 0 spiro atoms. The minimum atomic E-state index is -0.168. The molecule has 3 rings (SSSR count). The van der Waals surface area contributed by atoms with Crippen molar-refractivity contribution in [3.63, 3.8) is 0 Å². The van der Waals surface area contributed by atoms with Crippen LogP contribution in [0, 0.1) is 6.92 Å². The van der Waals surface area contributed by atoms with Crippen molar-refractivity contribution in [2.75, 3.05) is 5.75 Å². The lowest BCUT2D eigenvalue weighted by molar-refractivity contribution is -0.116. The summed E-state index contributed by atoms with van der Waals surface area (Å²) in [5.74, 6) is 0.391. The third kappa shape index (κ3) is 3.78. The number of hydrogen-bond acceptors (Lipinski definition) is 4. The molecule has 0 radical (unpaired) electrons. The predicted octanol–water partition coefficient (Wildman–Crippen LogP) is 4.42. The number of aromatic nitrogens is 2. The molecule has 0 aliphatic carbocycles. The van der Waals surface area contributed by atoms with Crippen molar-refractivity contribution in [3.8, 4) is 5.69 Å². The van der Waals surface area contributed by atoms with Crippen LogP contribution in [-0.4, -0.2) is 21.1 Å². The average molecular weight is 373 g/mol. The molecule has 3 aromatic rings. The van der Waals surface area contributed by atoms with Gasteiger partial charge in [-0.3, -0.25) is 14.2 Å². The molecule has 0 fully saturated rings. The van der Waals surface area contributed by atoms with Gasteiger partial charge >= 0.3 is 0 Å². The van der Waals surface area contributed by atoms with E-state index in [1.165, 1.54) is 11.8 Å². The number of rotatable bonds is 5. The number of fused-ring (bicyclic) bond motifs is 1. The Morgan fingerprint density at radius 1 is 1.24 bits per heavy atom. The zero-order valence-corrected chi connectivity index (χ0v) is 15.5. The first-order chi connectivity index (χ1) is 12.0. The van der Waals surface area contributed by atoms with E-state index in [0.717, 1.165) is 11.3 Å². The summed E-state index contributed by atoms with van der Waals surface area (Å²) in [4.78, 5) is 29.4.